The quantitative estimate of drug-likeness (QED) is 0.500. The van der Waals surface area contributed by atoms with Gasteiger partial charge in [0, 0.05) is 28.8 Å². The number of nitrogens with two attached hydrogens (primary N) is 2. The van der Waals surface area contributed by atoms with E-state index < -0.39 is 18.0 Å². The zero-order chi connectivity index (χ0) is 22.7. The summed E-state index contributed by atoms with van der Waals surface area (Å²) in [5.41, 5.74) is 14.0. The Morgan fingerprint density at radius 3 is 2.48 bits per heavy atom. The Morgan fingerprint density at radius 2 is 1.88 bits per heavy atom. The lowest BCUT2D eigenvalue weighted by Gasteiger charge is -2.28. The SMILES string of the molecule is Cc1nc(N)ccc1CNC(=O)[C@H](C)N1CC(Cc2ccc(Cl)cc2Cl)CC1C(N)=O.Cl.Cl. The summed E-state index contributed by atoms with van der Waals surface area (Å²) in [6, 6.07) is 7.93. The van der Waals surface area contributed by atoms with Gasteiger partial charge in [-0.2, -0.15) is 0 Å². The molecule has 0 bridgehead atoms. The minimum absolute atomic E-state index is 0. The highest BCUT2D eigenvalue weighted by Gasteiger charge is 2.40. The van der Waals surface area contributed by atoms with Crippen molar-refractivity contribution in [2.75, 3.05) is 12.3 Å². The van der Waals surface area contributed by atoms with Crippen LogP contribution in [0.4, 0.5) is 5.82 Å². The molecule has 2 aromatic rings. The van der Waals surface area contributed by atoms with Gasteiger partial charge >= 0.3 is 0 Å². The standard InChI is InChI=1S/C22H27Cl2N5O2.2ClH/c1-12-16(4-6-20(25)28-12)10-27-22(31)13(2)29-11-14(8-19(29)21(26)30)7-15-3-5-17(23)9-18(15)24;;/h3-6,9,13-14,19H,7-8,10-11H2,1-2H3,(H2,25,28)(H2,26,30)(H,27,31);2*1H/t13-,14?,19?;;/m0../s1. The fourth-order valence-corrected chi connectivity index (χ4v) is 4.57. The average molecular weight is 537 g/mol. The molecule has 2 heterocycles. The fraction of sp³-hybridized carbons (Fsp3) is 0.409. The molecule has 1 saturated heterocycles. The Kier molecular flexibility index (Phi) is 11.2. The van der Waals surface area contributed by atoms with Crippen molar-refractivity contribution < 1.29 is 9.59 Å². The molecule has 3 atom stereocenters. The molecular weight excluding hydrogens is 508 g/mol. The molecule has 7 nitrogen and oxygen atoms in total. The summed E-state index contributed by atoms with van der Waals surface area (Å²) >= 11 is 12.3. The molecule has 0 radical (unpaired) electrons. The number of carbonyl (C=O) groups excluding carboxylic acids is 2. The molecule has 11 heteroatoms. The zero-order valence-electron chi connectivity index (χ0n) is 18.4. The zero-order valence-corrected chi connectivity index (χ0v) is 21.5. The van der Waals surface area contributed by atoms with Crippen molar-refractivity contribution in [3.63, 3.8) is 0 Å². The summed E-state index contributed by atoms with van der Waals surface area (Å²) < 4.78 is 0. The summed E-state index contributed by atoms with van der Waals surface area (Å²) in [6.07, 6.45) is 1.26. The first-order valence-electron chi connectivity index (χ1n) is 10.1. The molecule has 1 fully saturated rings. The number of likely N-dealkylation sites (tertiary alicyclic amines) is 1. The minimum Gasteiger partial charge on any atom is -0.384 e. The van der Waals surface area contributed by atoms with Crippen molar-refractivity contribution >= 4 is 65.6 Å². The van der Waals surface area contributed by atoms with Crippen LogP contribution in [0.3, 0.4) is 0 Å². The van der Waals surface area contributed by atoms with Crippen LogP contribution in [0.2, 0.25) is 10.0 Å². The molecule has 3 rings (SSSR count). The summed E-state index contributed by atoms with van der Waals surface area (Å²) in [7, 11) is 0. The van der Waals surface area contributed by atoms with E-state index in [-0.39, 0.29) is 36.6 Å². The van der Waals surface area contributed by atoms with Crippen molar-refractivity contribution in [3.8, 4) is 0 Å². The molecule has 1 aliphatic rings. The molecule has 0 spiro atoms. The largest absolute Gasteiger partial charge is 0.384 e. The van der Waals surface area contributed by atoms with E-state index >= 15 is 0 Å². The van der Waals surface area contributed by atoms with E-state index in [1.807, 2.05) is 24.0 Å². The highest BCUT2D eigenvalue weighted by atomic mass is 35.5. The van der Waals surface area contributed by atoms with Crippen LogP contribution in [0.1, 0.15) is 30.2 Å². The van der Waals surface area contributed by atoms with Gasteiger partial charge in [-0.05, 0) is 61.9 Å². The summed E-state index contributed by atoms with van der Waals surface area (Å²) in [5.74, 6) is -0.0142. The van der Waals surface area contributed by atoms with Crippen LogP contribution in [0.25, 0.3) is 0 Å². The average Bonchev–Trinajstić information content (AvgIpc) is 3.13. The van der Waals surface area contributed by atoms with E-state index in [0.717, 1.165) is 16.8 Å². The highest BCUT2D eigenvalue weighted by Crippen LogP contribution is 2.31. The maximum Gasteiger partial charge on any atom is 0.237 e. The first-order chi connectivity index (χ1) is 14.7. The van der Waals surface area contributed by atoms with Gasteiger partial charge in [-0.25, -0.2) is 4.98 Å². The second-order valence-electron chi connectivity index (χ2n) is 8.03. The predicted octanol–water partition coefficient (Wildman–Crippen LogP) is 3.55. The molecule has 0 saturated carbocycles. The van der Waals surface area contributed by atoms with E-state index in [2.05, 4.69) is 10.3 Å². The lowest BCUT2D eigenvalue weighted by molar-refractivity contribution is -0.129. The molecule has 33 heavy (non-hydrogen) atoms. The summed E-state index contributed by atoms with van der Waals surface area (Å²) in [5, 5.41) is 4.10. The number of pyridine rings is 1. The number of benzene rings is 1. The number of aryl methyl sites for hydroxylation is 1. The van der Waals surface area contributed by atoms with Crippen LogP contribution in [0, 0.1) is 12.8 Å². The number of hydrogen-bond donors (Lipinski definition) is 3. The van der Waals surface area contributed by atoms with Crippen molar-refractivity contribution in [1.29, 1.82) is 0 Å². The molecule has 1 aromatic heterocycles. The Bertz CT molecular complexity index is 991. The number of primary amides is 1. The van der Waals surface area contributed by atoms with Gasteiger partial charge in [0.2, 0.25) is 11.8 Å². The van der Waals surface area contributed by atoms with E-state index in [4.69, 9.17) is 34.7 Å². The molecular formula is C22H29Cl4N5O2. The number of anilines is 1. The number of rotatable bonds is 7. The van der Waals surface area contributed by atoms with Crippen LogP contribution in [-0.2, 0) is 22.6 Å². The van der Waals surface area contributed by atoms with Crippen LogP contribution < -0.4 is 16.8 Å². The Morgan fingerprint density at radius 1 is 1.21 bits per heavy atom. The smallest absolute Gasteiger partial charge is 0.237 e. The molecule has 1 aromatic carbocycles. The van der Waals surface area contributed by atoms with E-state index in [9.17, 15) is 9.59 Å². The minimum atomic E-state index is -0.509. The van der Waals surface area contributed by atoms with Gasteiger partial charge in [-0.3, -0.25) is 14.5 Å². The van der Waals surface area contributed by atoms with Crippen LogP contribution in [-0.4, -0.2) is 40.3 Å². The van der Waals surface area contributed by atoms with Crippen LogP contribution in [0.5, 0.6) is 0 Å². The molecule has 182 valence electrons. The normalized spacial score (nSPS) is 18.7. The Hall–Kier alpha value is -1.77. The lowest BCUT2D eigenvalue weighted by Crippen LogP contribution is -2.51. The number of nitrogens with one attached hydrogen (secondary N) is 1. The predicted molar refractivity (Wildman–Crippen MR) is 137 cm³/mol. The van der Waals surface area contributed by atoms with Gasteiger partial charge in [-0.15, -0.1) is 24.8 Å². The van der Waals surface area contributed by atoms with Crippen LogP contribution in [0.15, 0.2) is 30.3 Å². The number of nitrogens with zero attached hydrogens (tertiary/aromatic N) is 2. The number of carbonyl (C=O) groups is 2. The topological polar surface area (TPSA) is 114 Å². The molecule has 1 aliphatic heterocycles. The van der Waals surface area contributed by atoms with Crippen molar-refractivity contribution in [2.24, 2.45) is 11.7 Å². The summed E-state index contributed by atoms with van der Waals surface area (Å²) in [4.78, 5) is 31.0. The lowest BCUT2D eigenvalue weighted by atomic mass is 9.96. The van der Waals surface area contributed by atoms with Gasteiger partial charge in [0.05, 0.1) is 12.1 Å². The first kappa shape index (κ1) is 29.3. The van der Waals surface area contributed by atoms with Gasteiger partial charge in [0.15, 0.2) is 0 Å². The second kappa shape index (κ2) is 12.6. The number of nitrogen functional groups attached to an aromatic ring is 1. The molecule has 5 N–H and O–H groups in total. The molecule has 2 amide bonds. The van der Waals surface area contributed by atoms with Gasteiger partial charge in [-0.1, -0.05) is 35.3 Å². The Balaban J connectivity index is 0.00000272. The van der Waals surface area contributed by atoms with Crippen molar-refractivity contribution in [3.05, 3.63) is 57.2 Å². The third kappa shape index (κ3) is 7.36. The molecule has 0 aliphatic carbocycles. The third-order valence-electron chi connectivity index (χ3n) is 5.82. The number of halogens is 4. The number of aromatic nitrogens is 1. The van der Waals surface area contributed by atoms with Gasteiger partial charge < -0.3 is 16.8 Å². The van der Waals surface area contributed by atoms with Crippen molar-refractivity contribution in [2.45, 2.75) is 45.3 Å². The molecule has 2 unspecified atom stereocenters. The van der Waals surface area contributed by atoms with Gasteiger partial charge in [0.25, 0.3) is 0 Å². The third-order valence-corrected chi connectivity index (χ3v) is 6.41. The van der Waals surface area contributed by atoms with Gasteiger partial charge in [0.1, 0.15) is 5.82 Å². The first-order valence-corrected chi connectivity index (χ1v) is 10.9. The van der Waals surface area contributed by atoms with E-state index in [1.54, 1.807) is 25.1 Å². The second-order valence-corrected chi connectivity index (χ2v) is 8.87. The summed E-state index contributed by atoms with van der Waals surface area (Å²) in [6.45, 7) is 4.54. The highest BCUT2D eigenvalue weighted by molar-refractivity contribution is 6.35. The monoisotopic (exact) mass is 535 g/mol. The maximum absolute atomic E-state index is 12.8. The maximum atomic E-state index is 12.8. The van der Waals surface area contributed by atoms with Crippen LogP contribution >= 0.6 is 48.0 Å². The van der Waals surface area contributed by atoms with E-state index in [1.165, 1.54) is 0 Å². The van der Waals surface area contributed by atoms with Crippen molar-refractivity contribution in [1.82, 2.24) is 15.2 Å². The Labute approximate surface area is 216 Å². The number of amides is 2. The van der Waals surface area contributed by atoms with E-state index in [0.29, 0.717) is 41.8 Å². The fourth-order valence-electron chi connectivity index (χ4n) is 4.08. The number of hydrogen-bond acceptors (Lipinski definition) is 5.